The van der Waals surface area contributed by atoms with E-state index in [0.717, 1.165) is 22.5 Å². The van der Waals surface area contributed by atoms with E-state index in [1.165, 1.54) is 0 Å². The van der Waals surface area contributed by atoms with Gasteiger partial charge in [-0.15, -0.1) is 0 Å². The van der Waals surface area contributed by atoms with Crippen molar-refractivity contribution in [1.29, 1.82) is 0 Å². The first-order valence-electron chi connectivity index (χ1n) is 7.90. The highest BCUT2D eigenvalue weighted by Gasteiger charge is 2.36. The summed E-state index contributed by atoms with van der Waals surface area (Å²) in [6.07, 6.45) is 5.18. The van der Waals surface area contributed by atoms with Gasteiger partial charge in [0.25, 0.3) is 0 Å². The molecular formula is C16H23N5O2. The molecule has 7 heteroatoms. The number of carbonyl (C=O) groups excluding carboxylic acids is 1. The number of H-pyrrole nitrogens is 1. The second-order valence-electron chi connectivity index (χ2n) is 6.47. The Morgan fingerprint density at radius 3 is 2.78 bits per heavy atom. The van der Waals surface area contributed by atoms with Crippen molar-refractivity contribution in [2.75, 3.05) is 0 Å². The number of aryl methyl sites for hydroxylation is 3. The van der Waals surface area contributed by atoms with Crippen molar-refractivity contribution in [2.45, 2.75) is 45.3 Å². The first-order valence-corrected chi connectivity index (χ1v) is 7.90. The monoisotopic (exact) mass is 317 g/mol. The van der Waals surface area contributed by atoms with Crippen molar-refractivity contribution in [3.63, 3.8) is 0 Å². The predicted octanol–water partition coefficient (Wildman–Crippen LogP) is 0.931. The van der Waals surface area contributed by atoms with Crippen molar-refractivity contribution < 1.29 is 9.90 Å². The summed E-state index contributed by atoms with van der Waals surface area (Å²) in [4.78, 5) is 12.5. The summed E-state index contributed by atoms with van der Waals surface area (Å²) >= 11 is 0. The number of hydrogen-bond donors (Lipinski definition) is 3. The Balaban J connectivity index is 1.72. The number of aliphatic hydroxyl groups is 1. The Hall–Kier alpha value is -2.15. The highest BCUT2D eigenvalue weighted by atomic mass is 16.3. The van der Waals surface area contributed by atoms with E-state index in [0.29, 0.717) is 19.3 Å². The zero-order valence-corrected chi connectivity index (χ0v) is 13.7. The van der Waals surface area contributed by atoms with E-state index in [2.05, 4.69) is 20.6 Å². The van der Waals surface area contributed by atoms with Crippen molar-refractivity contribution in [2.24, 2.45) is 13.0 Å². The fourth-order valence-electron chi connectivity index (χ4n) is 3.20. The van der Waals surface area contributed by atoms with E-state index in [9.17, 15) is 9.90 Å². The van der Waals surface area contributed by atoms with Crippen molar-refractivity contribution in [1.82, 2.24) is 25.3 Å². The van der Waals surface area contributed by atoms with E-state index in [-0.39, 0.29) is 24.0 Å². The first-order chi connectivity index (χ1) is 10.9. The number of rotatable bonds is 5. The molecule has 1 amide bonds. The number of carbonyl (C=O) groups is 1. The third-order valence-corrected chi connectivity index (χ3v) is 4.64. The second-order valence-corrected chi connectivity index (χ2v) is 6.47. The van der Waals surface area contributed by atoms with Gasteiger partial charge in [-0.05, 0) is 32.6 Å². The van der Waals surface area contributed by atoms with Gasteiger partial charge in [0.15, 0.2) is 0 Å². The third kappa shape index (κ3) is 3.29. The van der Waals surface area contributed by atoms with Crippen LogP contribution in [-0.2, 0) is 18.3 Å². The molecule has 7 nitrogen and oxygen atoms in total. The summed E-state index contributed by atoms with van der Waals surface area (Å²) in [6.45, 7) is 3.82. The van der Waals surface area contributed by atoms with Crippen LogP contribution in [0.1, 0.15) is 41.4 Å². The van der Waals surface area contributed by atoms with Crippen LogP contribution in [-0.4, -0.2) is 37.1 Å². The van der Waals surface area contributed by atoms with Gasteiger partial charge >= 0.3 is 0 Å². The molecule has 0 bridgehead atoms. The number of aromatic nitrogens is 4. The quantitative estimate of drug-likeness (QED) is 0.764. The Bertz CT molecular complexity index is 680. The van der Waals surface area contributed by atoms with Crippen LogP contribution < -0.4 is 5.32 Å². The molecule has 0 radical (unpaired) electrons. The van der Waals surface area contributed by atoms with Crippen LogP contribution in [0.3, 0.4) is 0 Å². The van der Waals surface area contributed by atoms with Gasteiger partial charge < -0.3 is 10.4 Å². The van der Waals surface area contributed by atoms with Crippen molar-refractivity contribution in [3.05, 3.63) is 34.9 Å². The molecule has 0 aliphatic heterocycles. The summed E-state index contributed by atoms with van der Waals surface area (Å²) in [5.41, 5.74) is 3.71. The molecule has 1 saturated carbocycles. The molecule has 3 rings (SSSR count). The topological polar surface area (TPSA) is 95.8 Å². The fraction of sp³-hybridized carbons (Fsp3) is 0.562. The van der Waals surface area contributed by atoms with Crippen LogP contribution >= 0.6 is 0 Å². The van der Waals surface area contributed by atoms with E-state index in [1.54, 1.807) is 10.9 Å². The second kappa shape index (κ2) is 6.16. The van der Waals surface area contributed by atoms with Gasteiger partial charge in [-0.2, -0.15) is 10.2 Å². The van der Waals surface area contributed by atoms with E-state index < -0.39 is 0 Å². The molecule has 0 saturated heterocycles. The summed E-state index contributed by atoms with van der Waals surface area (Å²) in [7, 11) is 1.86. The maximum Gasteiger partial charge on any atom is 0.225 e. The molecule has 1 aliphatic carbocycles. The largest absolute Gasteiger partial charge is 0.393 e. The van der Waals surface area contributed by atoms with Gasteiger partial charge in [0.1, 0.15) is 0 Å². The van der Waals surface area contributed by atoms with E-state index >= 15 is 0 Å². The molecule has 1 aliphatic rings. The molecule has 2 aromatic heterocycles. The fourth-order valence-corrected chi connectivity index (χ4v) is 3.20. The highest BCUT2D eigenvalue weighted by molar-refractivity contribution is 5.79. The third-order valence-electron chi connectivity index (χ3n) is 4.64. The molecular weight excluding hydrogens is 294 g/mol. The van der Waals surface area contributed by atoms with Crippen LogP contribution in [0.4, 0.5) is 0 Å². The number of nitrogens with one attached hydrogen (secondary N) is 2. The van der Waals surface area contributed by atoms with Crippen LogP contribution in [0, 0.1) is 19.8 Å². The average Bonchev–Trinajstić information content (AvgIpc) is 3.02. The Kier molecular flexibility index (Phi) is 4.21. The van der Waals surface area contributed by atoms with Crippen LogP contribution in [0.5, 0.6) is 0 Å². The molecule has 1 atom stereocenters. The predicted molar refractivity (Wildman–Crippen MR) is 84.6 cm³/mol. The minimum Gasteiger partial charge on any atom is -0.393 e. The number of hydrogen-bond acceptors (Lipinski definition) is 4. The summed E-state index contributed by atoms with van der Waals surface area (Å²) in [5, 5.41) is 23.9. The zero-order valence-electron chi connectivity index (χ0n) is 13.7. The Labute approximate surface area is 135 Å². The Morgan fingerprint density at radius 2 is 2.26 bits per heavy atom. The first kappa shape index (κ1) is 15.7. The average molecular weight is 317 g/mol. The summed E-state index contributed by atoms with van der Waals surface area (Å²) < 4.78 is 1.73. The van der Waals surface area contributed by atoms with Gasteiger partial charge in [-0.25, -0.2) is 0 Å². The normalized spacial score (nSPS) is 21.7. The van der Waals surface area contributed by atoms with Gasteiger partial charge in [-0.1, -0.05) is 0 Å². The van der Waals surface area contributed by atoms with Crippen molar-refractivity contribution in [3.8, 4) is 0 Å². The minimum absolute atomic E-state index is 0.0344. The van der Waals surface area contributed by atoms with Crippen molar-refractivity contribution >= 4 is 5.91 Å². The summed E-state index contributed by atoms with van der Waals surface area (Å²) in [6, 6.07) is -0.105. The lowest BCUT2D eigenvalue weighted by molar-refractivity contribution is -0.122. The Morgan fingerprint density at radius 1 is 1.52 bits per heavy atom. The molecule has 1 fully saturated rings. The lowest BCUT2D eigenvalue weighted by atomic mass is 9.75. The smallest absolute Gasteiger partial charge is 0.225 e. The van der Waals surface area contributed by atoms with Gasteiger partial charge in [0.05, 0.1) is 30.5 Å². The number of aromatic amines is 1. The standard InChI is InChI=1S/C16H23N5O2/c1-9-14(10(2)20-19-9)6-15(23)18-16(11-4-13(22)5-11)12-7-17-21(3)8-12/h7-8,11,13,16,22H,4-6H2,1-3H3,(H,18,23)(H,19,20)/t11?,13?,16-/m0/s1. The molecule has 3 N–H and O–H groups in total. The van der Waals surface area contributed by atoms with Crippen LogP contribution in [0.25, 0.3) is 0 Å². The molecule has 0 spiro atoms. The minimum atomic E-state index is -0.255. The molecule has 23 heavy (non-hydrogen) atoms. The molecule has 0 unspecified atom stereocenters. The van der Waals surface area contributed by atoms with E-state index in [1.807, 2.05) is 27.1 Å². The molecule has 124 valence electrons. The maximum atomic E-state index is 12.5. The van der Waals surface area contributed by atoms with E-state index in [4.69, 9.17) is 0 Å². The van der Waals surface area contributed by atoms with Gasteiger partial charge in [0.2, 0.25) is 5.91 Å². The highest BCUT2D eigenvalue weighted by Crippen LogP contribution is 2.38. The van der Waals surface area contributed by atoms with Gasteiger partial charge in [-0.3, -0.25) is 14.6 Å². The van der Waals surface area contributed by atoms with Crippen LogP contribution in [0.15, 0.2) is 12.4 Å². The van der Waals surface area contributed by atoms with Crippen LogP contribution in [0.2, 0.25) is 0 Å². The lowest BCUT2D eigenvalue weighted by Gasteiger charge is -2.37. The SMILES string of the molecule is Cc1n[nH]c(C)c1CC(=O)N[C@H](c1cnn(C)c1)C1CC(O)C1. The number of aliphatic hydroxyl groups excluding tert-OH is 1. The maximum absolute atomic E-state index is 12.5. The molecule has 2 heterocycles. The lowest BCUT2D eigenvalue weighted by Crippen LogP contribution is -2.41. The number of amides is 1. The molecule has 0 aromatic carbocycles. The number of nitrogens with zero attached hydrogens (tertiary/aromatic N) is 3. The molecule has 2 aromatic rings. The van der Waals surface area contributed by atoms with Gasteiger partial charge in [0, 0.05) is 30.1 Å². The zero-order chi connectivity index (χ0) is 16.6. The summed E-state index contributed by atoms with van der Waals surface area (Å²) in [5.74, 6) is 0.220.